The SMILES string of the molecule is CCCCCCCCCCCCCCCCCCCCOc1ccc(-c2c3/c(=C(\C#N)c4cnc5cc(-c6ccccc6)ccc5n4)n(B(c4ccccc4)c4ccccc4)c(-c4ccc(OCC)cc4)c3/c(=C(\C#N)c3cnc4cc(-c5ccccc5)ccc4n3)n2B(c2ccccc2)c2ccccc2)cc1. The standard InChI is InChI=1S/C96H92B2N8O2/c1-3-5-6-7-8-9-10-11-12-13-14-15-16-17-18-19-20-39-64-108-82-60-54-74(55-61-82)94-92-91(95(106(94)98(79-48-35-25-36-49-79)80-50-37-26-38-51-80)83(67-99)89-69-101-87-65-75(56-62-85(87)103-89)71-40-27-21-28-41-71)93(73-52-58-81(59-53-73)107-4-2)105(97(77-44-31-23-32-45-77)78-46-33-24-34-47-78)96(92)84(68-100)90-70-102-88-66-76(57-63-86(88)104-90)72-42-29-22-30-43-72/h21-38,40-63,65-66,69-70H,3-20,39,64H2,1-2H3/b95-83-,96-84-. The lowest BCUT2D eigenvalue weighted by atomic mass is 9.50. The van der Waals surface area contributed by atoms with E-state index in [9.17, 15) is 10.5 Å². The van der Waals surface area contributed by atoms with Gasteiger partial charge in [-0.15, -0.1) is 0 Å². The summed E-state index contributed by atoms with van der Waals surface area (Å²) in [6.07, 6.45) is 27.2. The van der Waals surface area contributed by atoms with E-state index in [1.54, 1.807) is 12.4 Å². The third-order valence-electron chi connectivity index (χ3n) is 21.0. The molecule has 0 N–H and O–H groups in total. The lowest BCUT2D eigenvalue weighted by molar-refractivity contribution is 0.304. The van der Waals surface area contributed by atoms with Crippen LogP contribution in [-0.4, -0.2) is 55.8 Å². The summed E-state index contributed by atoms with van der Waals surface area (Å²) < 4.78 is 17.7. The van der Waals surface area contributed by atoms with Crippen molar-refractivity contribution < 1.29 is 9.47 Å². The Balaban J connectivity index is 0.999. The van der Waals surface area contributed by atoms with Crippen LogP contribution in [0, 0.1) is 22.7 Å². The van der Waals surface area contributed by atoms with E-state index in [4.69, 9.17) is 29.4 Å². The molecule has 0 unspecified atom stereocenters. The topological polar surface area (TPSA) is 127 Å². The van der Waals surface area contributed by atoms with Crippen molar-refractivity contribution in [2.24, 2.45) is 0 Å². The highest BCUT2D eigenvalue weighted by molar-refractivity contribution is 6.85. The van der Waals surface area contributed by atoms with Crippen molar-refractivity contribution in [1.29, 1.82) is 10.5 Å². The number of aromatic nitrogens is 6. The first-order valence-electron chi connectivity index (χ1n) is 39.2. The van der Waals surface area contributed by atoms with Crippen LogP contribution in [0.3, 0.4) is 0 Å². The van der Waals surface area contributed by atoms with Crippen molar-refractivity contribution in [2.75, 3.05) is 13.2 Å². The second-order valence-corrected chi connectivity index (χ2v) is 28.3. The molecule has 14 rings (SSSR count). The summed E-state index contributed by atoms with van der Waals surface area (Å²) in [7, 11) is 0. The van der Waals surface area contributed by atoms with Crippen LogP contribution in [-0.2, 0) is 0 Å². The van der Waals surface area contributed by atoms with Gasteiger partial charge >= 0.3 is 13.7 Å². The Kier molecular flexibility index (Phi) is 24.6. The van der Waals surface area contributed by atoms with Crippen LogP contribution < -0.4 is 42.0 Å². The Bertz CT molecular complexity index is 5290. The van der Waals surface area contributed by atoms with E-state index in [0.717, 1.165) is 85.2 Å². The van der Waals surface area contributed by atoms with Crippen LogP contribution in [0.4, 0.5) is 0 Å². The van der Waals surface area contributed by atoms with E-state index in [1.165, 1.54) is 103 Å². The summed E-state index contributed by atoms with van der Waals surface area (Å²) in [5, 5.41) is 28.0. The van der Waals surface area contributed by atoms with Gasteiger partial charge in [-0.3, -0.25) is 9.97 Å². The highest BCUT2D eigenvalue weighted by atomic mass is 16.5. The molecular weight excluding hydrogens is 1320 g/mol. The molecule has 0 atom stereocenters. The van der Waals surface area contributed by atoms with Gasteiger partial charge in [0.05, 0.1) is 58.4 Å². The summed E-state index contributed by atoms with van der Waals surface area (Å²) in [5.74, 6) is 1.45. The summed E-state index contributed by atoms with van der Waals surface area (Å²) in [5.41, 5.74) is 15.0. The van der Waals surface area contributed by atoms with Crippen LogP contribution in [0.25, 0.3) is 88.8 Å². The highest BCUT2D eigenvalue weighted by Crippen LogP contribution is 2.38. The van der Waals surface area contributed by atoms with Crippen LogP contribution in [0.5, 0.6) is 11.5 Å². The van der Waals surface area contributed by atoms with Gasteiger partial charge < -0.3 is 18.4 Å². The third kappa shape index (κ3) is 16.9. The zero-order valence-electron chi connectivity index (χ0n) is 62.2. The molecule has 4 aromatic heterocycles. The van der Waals surface area contributed by atoms with Crippen molar-refractivity contribution in [3.8, 4) is 68.4 Å². The number of hydrogen-bond donors (Lipinski definition) is 0. The van der Waals surface area contributed by atoms with Gasteiger partial charge in [-0.1, -0.05) is 332 Å². The zero-order valence-corrected chi connectivity index (χ0v) is 62.2. The lowest BCUT2D eigenvalue weighted by Gasteiger charge is -2.24. The molecule has 0 saturated heterocycles. The fraction of sp³-hybridized carbons (Fsp3) is 0.229. The Morgan fingerprint density at radius 3 is 0.981 bits per heavy atom. The zero-order chi connectivity index (χ0) is 73.6. The number of hydrogen-bond acceptors (Lipinski definition) is 8. The second kappa shape index (κ2) is 36.4. The fourth-order valence-electron chi connectivity index (χ4n) is 15.6. The number of rotatable bonds is 34. The largest absolute Gasteiger partial charge is 0.494 e. The molecule has 0 fully saturated rings. The Labute approximate surface area is 637 Å². The number of fused-ring (bicyclic) bond motifs is 3. The molecule has 0 aliphatic carbocycles. The molecule has 0 saturated carbocycles. The first-order chi connectivity index (χ1) is 53.5. The van der Waals surface area contributed by atoms with E-state index in [-0.39, 0.29) is 11.1 Å². The van der Waals surface area contributed by atoms with Crippen molar-refractivity contribution in [2.45, 2.75) is 129 Å². The van der Waals surface area contributed by atoms with Crippen LogP contribution in [0.15, 0.2) is 279 Å². The second-order valence-electron chi connectivity index (χ2n) is 28.3. The van der Waals surface area contributed by atoms with Gasteiger partial charge in [0.15, 0.2) is 0 Å². The van der Waals surface area contributed by atoms with Crippen LogP contribution in [0.2, 0.25) is 0 Å². The van der Waals surface area contributed by atoms with Gasteiger partial charge in [0, 0.05) is 22.2 Å². The quantitative estimate of drug-likeness (QED) is 0.0288. The van der Waals surface area contributed by atoms with E-state index in [0.29, 0.717) is 73.9 Å². The molecule has 10 nitrogen and oxygen atoms in total. The maximum Gasteiger partial charge on any atom is 0.328 e. The molecule has 14 aromatic rings. The Morgan fingerprint density at radius 2 is 0.648 bits per heavy atom. The van der Waals surface area contributed by atoms with Gasteiger partial charge in [-0.05, 0) is 120 Å². The maximum atomic E-state index is 12.7. The number of ether oxygens (including phenoxy) is 2. The fourth-order valence-corrected chi connectivity index (χ4v) is 15.6. The molecule has 534 valence electrons. The summed E-state index contributed by atoms with van der Waals surface area (Å²) in [4.78, 5) is 21.4. The monoisotopic (exact) mass is 1410 g/mol. The average molecular weight is 1410 g/mol. The van der Waals surface area contributed by atoms with Crippen LogP contribution >= 0.6 is 0 Å². The molecule has 0 aliphatic rings. The van der Waals surface area contributed by atoms with Gasteiger partial charge in [-0.25, -0.2) is 9.97 Å². The minimum atomic E-state index is -0.603. The molecular formula is C96H92B2N8O2. The van der Waals surface area contributed by atoms with E-state index >= 15 is 0 Å². The van der Waals surface area contributed by atoms with Crippen LogP contribution in [0.1, 0.15) is 141 Å². The lowest BCUT2D eigenvalue weighted by Crippen LogP contribution is -2.54. The highest BCUT2D eigenvalue weighted by Gasteiger charge is 2.38. The molecule has 10 aromatic carbocycles. The van der Waals surface area contributed by atoms with Gasteiger partial charge in [0.2, 0.25) is 0 Å². The Hall–Kier alpha value is -11.9. The van der Waals surface area contributed by atoms with Gasteiger partial charge in [0.25, 0.3) is 0 Å². The van der Waals surface area contributed by atoms with Crippen molar-refractivity contribution in [3.63, 3.8) is 0 Å². The normalized spacial score (nSPS) is 11.9. The van der Waals surface area contributed by atoms with Gasteiger partial charge in [-0.2, -0.15) is 10.5 Å². The maximum absolute atomic E-state index is 12.7. The smallest absolute Gasteiger partial charge is 0.328 e. The number of unbranched alkanes of at least 4 members (excludes halogenated alkanes) is 17. The molecule has 4 heterocycles. The predicted molar refractivity (Wildman–Crippen MR) is 448 cm³/mol. The summed E-state index contributed by atoms with van der Waals surface area (Å²) >= 11 is 0. The molecule has 0 radical (unpaired) electrons. The van der Waals surface area contributed by atoms with Crippen molar-refractivity contribution >= 4 is 79.5 Å². The Morgan fingerprint density at radius 1 is 0.333 bits per heavy atom. The summed E-state index contributed by atoms with van der Waals surface area (Å²) in [6.45, 7) is 4.13. The molecule has 0 amide bonds. The van der Waals surface area contributed by atoms with Crippen molar-refractivity contribution in [3.05, 3.63) is 301 Å². The van der Waals surface area contributed by atoms with E-state index in [2.05, 4.69) is 210 Å². The van der Waals surface area contributed by atoms with E-state index in [1.807, 2.05) is 91.9 Å². The number of benzene rings is 10. The predicted octanol–water partition coefficient (Wildman–Crippen LogP) is 19.6. The molecule has 0 bridgehead atoms. The first-order valence-corrected chi connectivity index (χ1v) is 39.2. The minimum absolute atomic E-state index is 0.277. The molecule has 0 spiro atoms. The van der Waals surface area contributed by atoms with Gasteiger partial charge in [0.1, 0.15) is 46.2 Å². The first kappa shape index (κ1) is 73.1. The average Bonchev–Trinajstić information content (AvgIpc) is 1.52. The molecule has 108 heavy (non-hydrogen) atoms. The number of nitriles is 2. The minimum Gasteiger partial charge on any atom is -0.494 e. The number of nitrogens with zero attached hydrogens (tertiary/aromatic N) is 8. The third-order valence-corrected chi connectivity index (χ3v) is 21.0. The summed E-state index contributed by atoms with van der Waals surface area (Å²) in [6, 6.07) is 97.2. The van der Waals surface area contributed by atoms with Crippen molar-refractivity contribution in [1.82, 2.24) is 28.9 Å². The molecule has 0 aliphatic heterocycles. The molecule has 12 heteroatoms. The van der Waals surface area contributed by atoms with E-state index < -0.39 is 13.7 Å².